The Hall–Kier alpha value is -2.54. The molecule has 0 unspecified atom stereocenters. The average Bonchev–Trinajstić information content (AvgIpc) is 2.86. The van der Waals surface area contributed by atoms with Crippen LogP contribution >= 0.6 is 11.6 Å². The molecule has 2 aromatic rings. The van der Waals surface area contributed by atoms with E-state index in [1.807, 2.05) is 0 Å². The predicted molar refractivity (Wildman–Crippen MR) is 76.1 cm³/mol. The van der Waals surface area contributed by atoms with Gasteiger partial charge >= 0.3 is 0 Å². The number of aromatic nitrogens is 2. The highest BCUT2D eigenvalue weighted by molar-refractivity contribution is 6.30. The lowest BCUT2D eigenvalue weighted by Crippen LogP contribution is -2.41. The van der Waals surface area contributed by atoms with Gasteiger partial charge in [-0.25, -0.2) is 0 Å². The third kappa shape index (κ3) is 3.51. The van der Waals surface area contributed by atoms with Gasteiger partial charge in [0.2, 0.25) is 5.88 Å². The molecule has 2 rings (SSSR count). The Morgan fingerprint density at radius 3 is 2.43 bits per heavy atom. The number of rotatable bonds is 3. The second-order valence-corrected chi connectivity index (χ2v) is 4.58. The molecule has 0 atom stereocenters. The van der Waals surface area contributed by atoms with Crippen LogP contribution in [0.5, 0.6) is 5.88 Å². The molecule has 0 saturated heterocycles. The van der Waals surface area contributed by atoms with Gasteiger partial charge in [0.15, 0.2) is 0 Å². The first-order chi connectivity index (χ1) is 10.0. The van der Waals surface area contributed by atoms with Crippen molar-refractivity contribution in [3.05, 3.63) is 46.6 Å². The third-order valence-electron chi connectivity index (χ3n) is 2.63. The van der Waals surface area contributed by atoms with Crippen molar-refractivity contribution in [2.24, 2.45) is 7.05 Å². The second-order valence-electron chi connectivity index (χ2n) is 4.14. The number of nitrogens with one attached hydrogen (secondary N) is 2. The molecule has 0 aliphatic rings. The molecule has 0 radical (unpaired) electrons. The first-order valence-electron chi connectivity index (χ1n) is 5.95. The van der Waals surface area contributed by atoms with Crippen LogP contribution in [-0.2, 0) is 7.05 Å². The van der Waals surface area contributed by atoms with Crippen LogP contribution in [0, 0.1) is 0 Å². The maximum absolute atomic E-state index is 11.9. The molecule has 21 heavy (non-hydrogen) atoms. The number of methoxy groups -OCH3 is 1. The molecule has 0 aliphatic carbocycles. The molecule has 7 nitrogen and oxygen atoms in total. The number of nitrogens with zero attached hydrogens (tertiary/aromatic N) is 2. The highest BCUT2D eigenvalue weighted by Crippen LogP contribution is 2.14. The van der Waals surface area contributed by atoms with Crippen LogP contribution in [0.2, 0.25) is 5.02 Å². The Labute approximate surface area is 125 Å². The molecule has 0 aliphatic heterocycles. The first kappa shape index (κ1) is 14.9. The molecular weight excluding hydrogens is 296 g/mol. The Balaban J connectivity index is 2.00. The lowest BCUT2D eigenvalue weighted by molar-refractivity contribution is 0.0845. The van der Waals surface area contributed by atoms with Crippen molar-refractivity contribution in [2.45, 2.75) is 0 Å². The van der Waals surface area contributed by atoms with Gasteiger partial charge in [-0.15, -0.1) is 5.10 Å². The van der Waals surface area contributed by atoms with Gasteiger partial charge < -0.3 is 4.74 Å². The van der Waals surface area contributed by atoms with Gasteiger partial charge in [-0.1, -0.05) is 11.6 Å². The van der Waals surface area contributed by atoms with Gasteiger partial charge in [0.1, 0.15) is 5.56 Å². The van der Waals surface area contributed by atoms with Crippen molar-refractivity contribution in [1.82, 2.24) is 20.6 Å². The summed E-state index contributed by atoms with van der Waals surface area (Å²) in [7, 11) is 3.07. The summed E-state index contributed by atoms with van der Waals surface area (Å²) in [4.78, 5) is 23.8. The molecule has 0 saturated carbocycles. The number of aryl methyl sites for hydroxylation is 1. The fourth-order valence-electron chi connectivity index (χ4n) is 1.63. The number of hydrogen-bond acceptors (Lipinski definition) is 4. The number of amides is 2. The highest BCUT2D eigenvalue weighted by atomic mass is 35.5. The summed E-state index contributed by atoms with van der Waals surface area (Å²) in [6, 6.07) is 6.27. The molecule has 1 aromatic carbocycles. The van der Waals surface area contributed by atoms with Gasteiger partial charge in [-0.05, 0) is 24.3 Å². The molecule has 8 heteroatoms. The normalized spacial score (nSPS) is 10.0. The fourth-order valence-corrected chi connectivity index (χ4v) is 1.75. The topological polar surface area (TPSA) is 85.2 Å². The summed E-state index contributed by atoms with van der Waals surface area (Å²) < 4.78 is 6.41. The van der Waals surface area contributed by atoms with Gasteiger partial charge in [0, 0.05) is 23.8 Å². The molecule has 1 aromatic heterocycles. The van der Waals surface area contributed by atoms with Crippen molar-refractivity contribution in [2.75, 3.05) is 7.11 Å². The second kappa shape index (κ2) is 6.27. The SMILES string of the molecule is COc1nn(C)cc1C(=O)NNC(=O)c1ccc(Cl)cc1. The Bertz CT molecular complexity index is 667. The molecule has 0 bridgehead atoms. The van der Waals surface area contributed by atoms with E-state index in [0.29, 0.717) is 10.6 Å². The Morgan fingerprint density at radius 2 is 1.81 bits per heavy atom. The average molecular weight is 309 g/mol. The number of halogens is 1. The molecule has 1 heterocycles. The van der Waals surface area contributed by atoms with Crippen LogP contribution < -0.4 is 15.6 Å². The van der Waals surface area contributed by atoms with E-state index in [4.69, 9.17) is 16.3 Å². The predicted octanol–water partition coefficient (Wildman–Crippen LogP) is 1.16. The maximum Gasteiger partial charge on any atom is 0.276 e. The van der Waals surface area contributed by atoms with Crippen molar-refractivity contribution in [3.63, 3.8) is 0 Å². The standard InChI is InChI=1S/C13H13ClN4O3/c1-18-7-10(13(17-18)21-2)12(20)16-15-11(19)8-3-5-9(14)6-4-8/h3-7H,1-2H3,(H,15,19)(H,16,20). The zero-order chi connectivity index (χ0) is 15.4. The quantitative estimate of drug-likeness (QED) is 0.833. The van der Waals surface area contributed by atoms with E-state index in [1.54, 1.807) is 31.3 Å². The fraction of sp³-hybridized carbons (Fsp3) is 0.154. The molecular formula is C13H13ClN4O3. The Kier molecular flexibility index (Phi) is 4.44. The minimum Gasteiger partial charge on any atom is -0.479 e. The lowest BCUT2D eigenvalue weighted by atomic mass is 10.2. The third-order valence-corrected chi connectivity index (χ3v) is 2.88. The molecule has 110 valence electrons. The number of hydrogen-bond donors (Lipinski definition) is 2. The van der Waals surface area contributed by atoms with Crippen molar-refractivity contribution < 1.29 is 14.3 Å². The highest BCUT2D eigenvalue weighted by Gasteiger charge is 2.17. The van der Waals surface area contributed by atoms with Gasteiger partial charge in [0.05, 0.1) is 7.11 Å². The molecule has 2 amide bonds. The monoisotopic (exact) mass is 308 g/mol. The summed E-state index contributed by atoms with van der Waals surface area (Å²) in [5.41, 5.74) is 5.19. The minimum absolute atomic E-state index is 0.177. The molecule has 2 N–H and O–H groups in total. The van der Waals surface area contributed by atoms with Crippen LogP contribution in [0.15, 0.2) is 30.5 Å². The lowest BCUT2D eigenvalue weighted by Gasteiger charge is -2.07. The van der Waals surface area contributed by atoms with Crippen molar-refractivity contribution in [3.8, 4) is 5.88 Å². The Morgan fingerprint density at radius 1 is 1.19 bits per heavy atom. The van der Waals surface area contributed by atoms with Gasteiger partial charge in [0.25, 0.3) is 11.8 Å². The van der Waals surface area contributed by atoms with E-state index in [1.165, 1.54) is 18.0 Å². The van der Waals surface area contributed by atoms with E-state index >= 15 is 0 Å². The summed E-state index contributed by atoms with van der Waals surface area (Å²) in [6.45, 7) is 0. The number of carbonyl (C=O) groups excluding carboxylic acids is 2. The number of carbonyl (C=O) groups is 2. The summed E-state index contributed by atoms with van der Waals surface area (Å²) in [5, 5.41) is 4.48. The van der Waals surface area contributed by atoms with E-state index in [2.05, 4.69) is 16.0 Å². The van der Waals surface area contributed by atoms with Crippen LogP contribution in [-0.4, -0.2) is 28.7 Å². The van der Waals surface area contributed by atoms with Gasteiger partial charge in [-0.2, -0.15) is 0 Å². The maximum atomic E-state index is 11.9. The van der Waals surface area contributed by atoms with Crippen molar-refractivity contribution in [1.29, 1.82) is 0 Å². The summed E-state index contributed by atoms with van der Waals surface area (Å²) in [5.74, 6) is -0.805. The van der Waals surface area contributed by atoms with Crippen LogP contribution in [0.25, 0.3) is 0 Å². The van der Waals surface area contributed by atoms with Crippen molar-refractivity contribution >= 4 is 23.4 Å². The van der Waals surface area contributed by atoms with E-state index in [-0.39, 0.29) is 11.4 Å². The zero-order valence-electron chi connectivity index (χ0n) is 11.4. The largest absolute Gasteiger partial charge is 0.479 e. The molecule has 0 fully saturated rings. The molecule has 0 spiro atoms. The summed E-state index contributed by atoms with van der Waals surface area (Å²) >= 11 is 5.74. The number of benzene rings is 1. The minimum atomic E-state index is -0.526. The first-order valence-corrected chi connectivity index (χ1v) is 6.33. The number of ether oxygens (including phenoxy) is 1. The van der Waals surface area contributed by atoms with Crippen LogP contribution in [0.1, 0.15) is 20.7 Å². The van der Waals surface area contributed by atoms with E-state index < -0.39 is 11.8 Å². The number of hydrazine groups is 1. The summed E-state index contributed by atoms with van der Waals surface area (Å²) in [6.07, 6.45) is 1.49. The smallest absolute Gasteiger partial charge is 0.276 e. The van der Waals surface area contributed by atoms with E-state index in [0.717, 1.165) is 0 Å². The van der Waals surface area contributed by atoms with E-state index in [9.17, 15) is 9.59 Å². The van der Waals surface area contributed by atoms with Crippen LogP contribution in [0.4, 0.5) is 0 Å². The zero-order valence-corrected chi connectivity index (χ0v) is 12.1. The van der Waals surface area contributed by atoms with Gasteiger partial charge in [-0.3, -0.25) is 25.1 Å². The van der Waals surface area contributed by atoms with Crippen LogP contribution in [0.3, 0.4) is 0 Å².